The van der Waals surface area contributed by atoms with Crippen LogP contribution in [-0.4, -0.2) is 0 Å². The first-order valence-electron chi connectivity index (χ1n) is 6.66. The molecule has 0 aliphatic rings. The number of fused-ring (bicyclic) bond motifs is 1. The summed E-state index contributed by atoms with van der Waals surface area (Å²) >= 11 is 0. The van der Waals surface area contributed by atoms with E-state index in [1.807, 2.05) is 0 Å². The first kappa shape index (κ1) is 11.9. The molecule has 94 valence electrons. The molecule has 0 bridgehead atoms. The maximum Gasteiger partial charge on any atom is 0.193 e. The van der Waals surface area contributed by atoms with Gasteiger partial charge in [-0.15, -0.1) is 0 Å². The summed E-state index contributed by atoms with van der Waals surface area (Å²) in [6.07, 6.45) is 3.12. The minimum atomic E-state index is 0.972. The third kappa shape index (κ3) is 2.37. The fourth-order valence-corrected chi connectivity index (χ4v) is 2.61. The number of pyridine rings is 1. The van der Waals surface area contributed by atoms with Crippen LogP contribution in [0.1, 0.15) is 16.8 Å². The van der Waals surface area contributed by atoms with Crippen molar-refractivity contribution in [3.05, 3.63) is 77.6 Å². The van der Waals surface area contributed by atoms with Crippen molar-refractivity contribution in [1.82, 2.24) is 0 Å². The Kier molecular flexibility index (Phi) is 3.04. The molecule has 1 aromatic heterocycles. The molecule has 3 aromatic rings. The van der Waals surface area contributed by atoms with Gasteiger partial charge in [-0.2, -0.15) is 0 Å². The minimum absolute atomic E-state index is 0.972. The van der Waals surface area contributed by atoms with Crippen LogP contribution in [-0.2, 0) is 13.5 Å². The van der Waals surface area contributed by atoms with Gasteiger partial charge in [-0.25, -0.2) is 4.57 Å². The molecule has 0 unspecified atom stereocenters. The maximum atomic E-state index is 2.27. The third-order valence-electron chi connectivity index (χ3n) is 3.63. The largest absolute Gasteiger partial charge is 0.204 e. The second-order valence-corrected chi connectivity index (χ2v) is 5.13. The van der Waals surface area contributed by atoms with Crippen LogP contribution >= 0.6 is 0 Å². The molecule has 3 rings (SSSR count). The average Bonchev–Trinajstić information content (AvgIpc) is 2.42. The van der Waals surface area contributed by atoms with Crippen molar-refractivity contribution in [2.45, 2.75) is 13.3 Å². The van der Waals surface area contributed by atoms with Crippen molar-refractivity contribution in [3.63, 3.8) is 0 Å². The van der Waals surface area contributed by atoms with Gasteiger partial charge in [0.05, 0.1) is 6.42 Å². The van der Waals surface area contributed by atoms with Gasteiger partial charge in [0.2, 0.25) is 0 Å². The zero-order chi connectivity index (χ0) is 13.2. The zero-order valence-corrected chi connectivity index (χ0v) is 11.4. The summed E-state index contributed by atoms with van der Waals surface area (Å²) < 4.78 is 2.23. The fraction of sp³-hybridized carbons (Fsp3) is 0.167. The van der Waals surface area contributed by atoms with E-state index in [-0.39, 0.29) is 0 Å². The summed E-state index contributed by atoms with van der Waals surface area (Å²) in [6, 6.07) is 19.5. The summed E-state index contributed by atoms with van der Waals surface area (Å²) in [7, 11) is 2.12. The van der Waals surface area contributed by atoms with E-state index in [4.69, 9.17) is 0 Å². The highest BCUT2D eigenvalue weighted by Gasteiger charge is 2.12. The molecule has 0 atom stereocenters. The summed E-state index contributed by atoms with van der Waals surface area (Å²) in [5.74, 6) is 0. The van der Waals surface area contributed by atoms with Crippen molar-refractivity contribution in [2.24, 2.45) is 7.05 Å². The lowest BCUT2D eigenvalue weighted by Gasteiger charge is -2.05. The predicted molar refractivity (Wildman–Crippen MR) is 79.1 cm³/mol. The molecule has 0 spiro atoms. The molecule has 0 saturated carbocycles. The van der Waals surface area contributed by atoms with E-state index in [0.29, 0.717) is 0 Å². The van der Waals surface area contributed by atoms with E-state index < -0.39 is 0 Å². The smallest absolute Gasteiger partial charge is 0.193 e. The molecule has 1 heteroatoms. The van der Waals surface area contributed by atoms with Gasteiger partial charge in [0.25, 0.3) is 0 Å². The van der Waals surface area contributed by atoms with Gasteiger partial charge < -0.3 is 0 Å². The lowest BCUT2D eigenvalue weighted by Crippen LogP contribution is -2.33. The summed E-state index contributed by atoms with van der Waals surface area (Å²) in [5.41, 5.74) is 4.05. The normalized spacial score (nSPS) is 10.8. The second-order valence-electron chi connectivity index (χ2n) is 5.13. The van der Waals surface area contributed by atoms with Crippen molar-refractivity contribution in [3.8, 4) is 0 Å². The lowest BCUT2D eigenvalue weighted by atomic mass is 10.0. The van der Waals surface area contributed by atoms with Crippen LogP contribution in [0.25, 0.3) is 10.8 Å². The Morgan fingerprint density at radius 2 is 1.79 bits per heavy atom. The van der Waals surface area contributed by atoms with Crippen LogP contribution in [0, 0.1) is 6.92 Å². The molecule has 1 nitrogen and oxygen atoms in total. The van der Waals surface area contributed by atoms with Gasteiger partial charge in [-0.3, -0.25) is 0 Å². The molecule has 0 aliphatic heterocycles. The minimum Gasteiger partial charge on any atom is -0.204 e. The van der Waals surface area contributed by atoms with Gasteiger partial charge in [0.15, 0.2) is 11.9 Å². The average molecular weight is 248 g/mol. The lowest BCUT2D eigenvalue weighted by molar-refractivity contribution is -0.677. The Bertz CT molecular complexity index is 729. The molecule has 0 N–H and O–H groups in total. The van der Waals surface area contributed by atoms with Crippen molar-refractivity contribution in [2.75, 3.05) is 0 Å². The number of hydrogen-bond donors (Lipinski definition) is 0. The van der Waals surface area contributed by atoms with E-state index >= 15 is 0 Å². The van der Waals surface area contributed by atoms with Gasteiger partial charge in [-0.1, -0.05) is 48.0 Å². The van der Waals surface area contributed by atoms with E-state index in [1.165, 1.54) is 27.6 Å². The molecular formula is C18H18N+. The molecule has 1 heterocycles. The number of benzene rings is 2. The van der Waals surface area contributed by atoms with E-state index in [0.717, 1.165) is 6.42 Å². The highest BCUT2D eigenvalue weighted by atomic mass is 14.9. The molecule has 0 fully saturated rings. The molecule has 0 saturated heterocycles. The van der Waals surface area contributed by atoms with Gasteiger partial charge in [-0.05, 0) is 23.9 Å². The first-order valence-corrected chi connectivity index (χ1v) is 6.66. The van der Waals surface area contributed by atoms with Crippen molar-refractivity contribution in [1.29, 1.82) is 0 Å². The van der Waals surface area contributed by atoms with Crippen LogP contribution in [0.4, 0.5) is 0 Å². The Labute approximate surface area is 114 Å². The van der Waals surface area contributed by atoms with E-state index in [1.54, 1.807) is 0 Å². The van der Waals surface area contributed by atoms with Gasteiger partial charge in [0, 0.05) is 11.5 Å². The standard InChI is InChI=1S/C18H18N/c1-14-6-5-7-15(12-14)13-18-17-9-4-3-8-16(17)10-11-19(18)2/h3-12H,13H2,1-2H3/q+1. The summed E-state index contributed by atoms with van der Waals surface area (Å²) in [4.78, 5) is 0. The fourth-order valence-electron chi connectivity index (χ4n) is 2.61. The summed E-state index contributed by atoms with van der Waals surface area (Å²) in [5, 5.41) is 2.65. The second kappa shape index (κ2) is 4.85. The topological polar surface area (TPSA) is 3.88 Å². The van der Waals surface area contributed by atoms with Crippen LogP contribution in [0.3, 0.4) is 0 Å². The van der Waals surface area contributed by atoms with Crippen LogP contribution in [0.2, 0.25) is 0 Å². The number of aromatic nitrogens is 1. The monoisotopic (exact) mass is 248 g/mol. The Balaban J connectivity index is 2.12. The Morgan fingerprint density at radius 3 is 2.63 bits per heavy atom. The first-order chi connectivity index (χ1) is 9.24. The van der Waals surface area contributed by atoms with Gasteiger partial charge in [0.1, 0.15) is 7.05 Å². The number of aryl methyl sites for hydroxylation is 2. The van der Waals surface area contributed by atoms with Crippen LogP contribution < -0.4 is 4.57 Å². The Morgan fingerprint density at radius 1 is 0.947 bits per heavy atom. The van der Waals surface area contributed by atoms with Crippen LogP contribution in [0.5, 0.6) is 0 Å². The number of hydrogen-bond acceptors (Lipinski definition) is 0. The number of nitrogens with zero attached hydrogens (tertiary/aromatic N) is 1. The van der Waals surface area contributed by atoms with E-state index in [9.17, 15) is 0 Å². The highest BCUT2D eigenvalue weighted by molar-refractivity contribution is 5.83. The number of rotatable bonds is 2. The molecular weight excluding hydrogens is 230 g/mol. The summed E-state index contributed by atoms with van der Waals surface area (Å²) in [6.45, 7) is 2.15. The van der Waals surface area contributed by atoms with E-state index in [2.05, 4.69) is 79.3 Å². The van der Waals surface area contributed by atoms with Crippen molar-refractivity contribution >= 4 is 10.8 Å². The molecule has 0 aliphatic carbocycles. The maximum absolute atomic E-state index is 2.27. The van der Waals surface area contributed by atoms with Gasteiger partial charge >= 0.3 is 0 Å². The molecule has 2 aromatic carbocycles. The highest BCUT2D eigenvalue weighted by Crippen LogP contribution is 2.18. The van der Waals surface area contributed by atoms with Crippen molar-refractivity contribution < 1.29 is 4.57 Å². The quantitative estimate of drug-likeness (QED) is 0.610. The molecule has 0 amide bonds. The predicted octanol–water partition coefficient (Wildman–Crippen LogP) is 3.56. The van der Waals surface area contributed by atoms with Crippen LogP contribution in [0.15, 0.2) is 60.8 Å². The molecule has 0 radical (unpaired) electrons. The third-order valence-corrected chi connectivity index (χ3v) is 3.63. The Hall–Kier alpha value is -2.15. The molecule has 19 heavy (non-hydrogen) atoms. The zero-order valence-electron chi connectivity index (χ0n) is 11.4. The SMILES string of the molecule is Cc1cccc(Cc2c3ccccc3cc[n+]2C)c1.